The number of hydrogen-bond acceptors (Lipinski definition) is 10. The lowest BCUT2D eigenvalue weighted by Gasteiger charge is -2.41. The van der Waals surface area contributed by atoms with Gasteiger partial charge < -0.3 is 49.6 Å². The quantitative estimate of drug-likeness (QED) is 0.255. The first-order chi connectivity index (χ1) is 12.2. The van der Waals surface area contributed by atoms with Crippen molar-refractivity contribution in [3.05, 3.63) is 12.2 Å². The third-order valence-electron chi connectivity index (χ3n) is 4.36. The summed E-state index contributed by atoms with van der Waals surface area (Å²) in [6.45, 7) is 5.22. The molecule has 2 aliphatic heterocycles. The van der Waals surface area contributed by atoms with Crippen molar-refractivity contribution in [3.8, 4) is 0 Å². The van der Waals surface area contributed by atoms with Crippen LogP contribution < -0.4 is 0 Å². The van der Waals surface area contributed by atoms with Crippen LogP contribution in [0.15, 0.2) is 12.2 Å². The number of aliphatic hydroxyl groups excluding tert-OH is 6. The lowest BCUT2D eigenvalue weighted by molar-refractivity contribution is -0.320. The summed E-state index contributed by atoms with van der Waals surface area (Å²) in [5, 5.41) is 58.9. The molecule has 2 fully saturated rings. The fourth-order valence-electron chi connectivity index (χ4n) is 2.66. The largest absolute Gasteiger partial charge is 0.388 e. The lowest BCUT2D eigenvalue weighted by Crippen LogP contribution is -2.60. The van der Waals surface area contributed by atoms with Crippen LogP contribution in [0.1, 0.15) is 13.3 Å². The minimum atomic E-state index is -1.52. The van der Waals surface area contributed by atoms with Crippen LogP contribution in [0.5, 0.6) is 0 Å². The van der Waals surface area contributed by atoms with Gasteiger partial charge in [0.25, 0.3) is 0 Å². The van der Waals surface area contributed by atoms with Gasteiger partial charge in [-0.05, 0) is 13.3 Å². The SMILES string of the molecule is C=C(C)CCO[C@@H]1O[C@H](CO[C@@H]2OC[C@H](O)[C@H](O)[C@H]2O)[C@@H](O)[C@H](O)[C@H]1O. The van der Waals surface area contributed by atoms with Gasteiger partial charge >= 0.3 is 0 Å². The maximum atomic E-state index is 10.1. The van der Waals surface area contributed by atoms with Crippen molar-refractivity contribution in [2.24, 2.45) is 0 Å². The zero-order chi connectivity index (χ0) is 19.4. The maximum Gasteiger partial charge on any atom is 0.186 e. The minimum absolute atomic E-state index is 0.210. The van der Waals surface area contributed by atoms with Gasteiger partial charge in [0.1, 0.15) is 42.7 Å². The molecule has 9 atom stereocenters. The second kappa shape index (κ2) is 9.51. The van der Waals surface area contributed by atoms with Crippen LogP contribution in [-0.2, 0) is 18.9 Å². The molecule has 26 heavy (non-hydrogen) atoms. The molecule has 2 rings (SSSR count). The molecule has 2 heterocycles. The van der Waals surface area contributed by atoms with E-state index in [1.165, 1.54) is 0 Å². The van der Waals surface area contributed by atoms with Gasteiger partial charge in [-0.15, -0.1) is 6.58 Å². The van der Waals surface area contributed by atoms with Crippen LogP contribution in [0.3, 0.4) is 0 Å². The molecule has 10 heteroatoms. The van der Waals surface area contributed by atoms with E-state index in [1.807, 2.05) is 6.92 Å². The van der Waals surface area contributed by atoms with E-state index in [1.54, 1.807) is 0 Å². The van der Waals surface area contributed by atoms with Gasteiger partial charge in [-0.2, -0.15) is 0 Å². The summed E-state index contributed by atoms with van der Waals surface area (Å²) in [5.74, 6) is 0. The molecule has 2 aliphatic rings. The third kappa shape index (κ3) is 5.20. The van der Waals surface area contributed by atoms with Gasteiger partial charge in [0, 0.05) is 0 Å². The van der Waals surface area contributed by atoms with Crippen molar-refractivity contribution in [1.82, 2.24) is 0 Å². The monoisotopic (exact) mass is 380 g/mol. The Morgan fingerprint density at radius 2 is 1.58 bits per heavy atom. The van der Waals surface area contributed by atoms with E-state index in [9.17, 15) is 30.6 Å². The Bertz CT molecular complexity index is 460. The predicted octanol–water partition coefficient (Wildman–Crippen LogP) is -2.77. The predicted molar refractivity (Wildman–Crippen MR) is 85.8 cm³/mol. The first-order valence-electron chi connectivity index (χ1n) is 8.45. The topological polar surface area (TPSA) is 158 Å². The van der Waals surface area contributed by atoms with Crippen LogP contribution >= 0.6 is 0 Å². The molecule has 0 spiro atoms. The fourth-order valence-corrected chi connectivity index (χ4v) is 2.66. The summed E-state index contributed by atoms with van der Waals surface area (Å²) in [7, 11) is 0. The van der Waals surface area contributed by atoms with Crippen molar-refractivity contribution in [2.75, 3.05) is 19.8 Å². The Kier molecular flexibility index (Phi) is 7.91. The number of aliphatic hydroxyl groups is 6. The molecule has 6 N–H and O–H groups in total. The van der Waals surface area contributed by atoms with Crippen molar-refractivity contribution in [3.63, 3.8) is 0 Å². The van der Waals surface area contributed by atoms with Crippen molar-refractivity contribution in [1.29, 1.82) is 0 Å². The molecule has 0 radical (unpaired) electrons. The third-order valence-corrected chi connectivity index (χ3v) is 4.36. The highest BCUT2D eigenvalue weighted by Crippen LogP contribution is 2.24. The van der Waals surface area contributed by atoms with Crippen LogP contribution in [0.25, 0.3) is 0 Å². The molecule has 0 saturated carbocycles. The summed E-state index contributed by atoms with van der Waals surface area (Å²) in [6.07, 6.45) is -11.5. The van der Waals surface area contributed by atoms with E-state index in [4.69, 9.17) is 18.9 Å². The zero-order valence-corrected chi connectivity index (χ0v) is 14.5. The standard InChI is InChI=1S/C16H28O10/c1-7(2)3-4-23-16-14(22)12(20)11(19)9(26-16)6-25-15-13(21)10(18)8(17)5-24-15/h8-22H,1,3-6H2,2H3/t8-,9+,10-,11+,12-,13+,14+,15-,16+/m0/s1. The second-order valence-electron chi connectivity index (χ2n) is 6.68. The second-order valence-corrected chi connectivity index (χ2v) is 6.68. The van der Waals surface area contributed by atoms with Crippen molar-refractivity contribution >= 4 is 0 Å². The molecule has 0 amide bonds. The number of hydrogen-bond donors (Lipinski definition) is 6. The van der Waals surface area contributed by atoms with Gasteiger partial charge in [0.2, 0.25) is 0 Å². The molecule has 0 aliphatic carbocycles. The van der Waals surface area contributed by atoms with Crippen LogP contribution in [0, 0.1) is 0 Å². The number of rotatable bonds is 7. The Balaban J connectivity index is 1.89. The highest BCUT2D eigenvalue weighted by atomic mass is 16.7. The summed E-state index contributed by atoms with van der Waals surface area (Å²) < 4.78 is 21.2. The van der Waals surface area contributed by atoms with E-state index >= 15 is 0 Å². The Morgan fingerprint density at radius 1 is 0.923 bits per heavy atom. The molecular weight excluding hydrogens is 352 g/mol. The van der Waals surface area contributed by atoms with Gasteiger partial charge in [-0.3, -0.25) is 0 Å². The van der Waals surface area contributed by atoms with Gasteiger partial charge in [-0.1, -0.05) is 5.57 Å². The first kappa shape index (κ1) is 21.6. The number of ether oxygens (including phenoxy) is 4. The summed E-state index contributed by atoms with van der Waals surface area (Å²) in [4.78, 5) is 0. The van der Waals surface area contributed by atoms with Gasteiger partial charge in [0.05, 0.1) is 19.8 Å². The molecule has 0 aromatic carbocycles. The molecule has 0 aromatic heterocycles. The Labute approximate surface area is 151 Å². The highest BCUT2D eigenvalue weighted by Gasteiger charge is 2.45. The summed E-state index contributed by atoms with van der Waals surface area (Å²) >= 11 is 0. The van der Waals surface area contributed by atoms with Crippen molar-refractivity contribution in [2.45, 2.75) is 68.7 Å². The Morgan fingerprint density at radius 3 is 2.23 bits per heavy atom. The molecular formula is C16H28O10. The minimum Gasteiger partial charge on any atom is -0.388 e. The fraction of sp³-hybridized carbons (Fsp3) is 0.875. The average molecular weight is 380 g/mol. The Hall–Kier alpha value is -0.660. The van der Waals surface area contributed by atoms with E-state index in [-0.39, 0.29) is 19.8 Å². The van der Waals surface area contributed by atoms with Crippen molar-refractivity contribution < 1.29 is 49.6 Å². The van der Waals surface area contributed by atoms with E-state index < -0.39 is 55.3 Å². The normalized spacial score (nSPS) is 44.0. The van der Waals surface area contributed by atoms with Crippen LogP contribution in [-0.4, -0.2) is 106 Å². The van der Waals surface area contributed by atoms with E-state index in [0.717, 1.165) is 5.57 Å². The van der Waals surface area contributed by atoms with Gasteiger partial charge in [0.15, 0.2) is 12.6 Å². The summed E-state index contributed by atoms with van der Waals surface area (Å²) in [6, 6.07) is 0. The van der Waals surface area contributed by atoms with Gasteiger partial charge in [-0.25, -0.2) is 0 Å². The zero-order valence-electron chi connectivity index (χ0n) is 14.5. The molecule has 10 nitrogen and oxygen atoms in total. The highest BCUT2D eigenvalue weighted by molar-refractivity contribution is 4.91. The summed E-state index contributed by atoms with van der Waals surface area (Å²) in [5.41, 5.74) is 0.875. The van der Waals surface area contributed by atoms with Crippen LogP contribution in [0.4, 0.5) is 0 Å². The van der Waals surface area contributed by atoms with Crippen LogP contribution in [0.2, 0.25) is 0 Å². The smallest absolute Gasteiger partial charge is 0.186 e. The lowest BCUT2D eigenvalue weighted by atomic mass is 9.99. The molecule has 2 saturated heterocycles. The first-order valence-corrected chi connectivity index (χ1v) is 8.45. The average Bonchev–Trinajstić information content (AvgIpc) is 2.60. The molecule has 0 bridgehead atoms. The molecule has 152 valence electrons. The van der Waals surface area contributed by atoms with E-state index in [0.29, 0.717) is 6.42 Å². The maximum absolute atomic E-state index is 10.1. The molecule has 0 unspecified atom stereocenters. The van der Waals surface area contributed by atoms with E-state index in [2.05, 4.69) is 6.58 Å². The molecule has 0 aromatic rings.